The molecule has 1 saturated heterocycles. The van der Waals surface area contributed by atoms with Gasteiger partial charge in [0.15, 0.2) is 0 Å². The molecule has 0 aliphatic carbocycles. The van der Waals surface area contributed by atoms with Crippen LogP contribution in [0.4, 0.5) is 0 Å². The van der Waals surface area contributed by atoms with Crippen LogP contribution in [-0.4, -0.2) is 36.2 Å². The molecule has 1 aromatic rings. The molecule has 1 aromatic carbocycles. The summed E-state index contributed by atoms with van der Waals surface area (Å²) in [6.07, 6.45) is 4.23. The van der Waals surface area contributed by atoms with E-state index in [9.17, 15) is 9.59 Å². The van der Waals surface area contributed by atoms with Crippen molar-refractivity contribution in [1.29, 1.82) is 0 Å². The number of carboxylic acids is 1. The SMILES string of the molecule is O=C(O)/C=C/c1ccc(C(=O)NC2CCCOC2)cc1Cl. The Kier molecular flexibility index (Phi) is 5.36. The standard InChI is InChI=1S/C15H16ClNO4/c16-13-8-11(4-3-10(13)5-6-14(18)19)15(20)17-12-2-1-7-21-9-12/h3-6,8,12H,1-2,7,9H2,(H,17,20)(H,18,19)/b6-5+. The summed E-state index contributed by atoms with van der Waals surface area (Å²) < 4.78 is 5.31. The molecule has 5 nitrogen and oxygen atoms in total. The van der Waals surface area contributed by atoms with Gasteiger partial charge in [0.2, 0.25) is 0 Å². The molecule has 1 unspecified atom stereocenters. The molecule has 1 amide bonds. The highest BCUT2D eigenvalue weighted by atomic mass is 35.5. The molecule has 0 aromatic heterocycles. The number of aliphatic carboxylic acids is 1. The highest BCUT2D eigenvalue weighted by Crippen LogP contribution is 2.19. The summed E-state index contributed by atoms with van der Waals surface area (Å²) >= 11 is 6.05. The zero-order chi connectivity index (χ0) is 15.2. The summed E-state index contributed by atoms with van der Waals surface area (Å²) in [5.41, 5.74) is 0.995. The van der Waals surface area contributed by atoms with Crippen LogP contribution in [-0.2, 0) is 9.53 Å². The van der Waals surface area contributed by atoms with Gasteiger partial charge in [-0.3, -0.25) is 4.79 Å². The van der Waals surface area contributed by atoms with Gasteiger partial charge in [-0.15, -0.1) is 0 Å². The number of carbonyl (C=O) groups excluding carboxylic acids is 1. The first-order valence-electron chi connectivity index (χ1n) is 6.65. The van der Waals surface area contributed by atoms with Crippen molar-refractivity contribution in [3.8, 4) is 0 Å². The lowest BCUT2D eigenvalue weighted by Gasteiger charge is -2.23. The second kappa shape index (κ2) is 7.24. The molecule has 0 saturated carbocycles. The Labute approximate surface area is 127 Å². The second-order valence-electron chi connectivity index (χ2n) is 4.80. The lowest BCUT2D eigenvalue weighted by molar-refractivity contribution is -0.131. The van der Waals surface area contributed by atoms with Crippen LogP contribution in [0.3, 0.4) is 0 Å². The molecule has 1 fully saturated rings. The van der Waals surface area contributed by atoms with Crippen molar-refractivity contribution in [3.05, 3.63) is 40.4 Å². The van der Waals surface area contributed by atoms with Gasteiger partial charge < -0.3 is 15.2 Å². The number of nitrogens with one attached hydrogen (secondary N) is 1. The Morgan fingerprint density at radius 3 is 2.86 bits per heavy atom. The average molecular weight is 310 g/mol. The van der Waals surface area contributed by atoms with Crippen molar-refractivity contribution < 1.29 is 19.4 Å². The van der Waals surface area contributed by atoms with Gasteiger partial charge in [-0.05, 0) is 36.6 Å². The number of hydrogen-bond acceptors (Lipinski definition) is 3. The zero-order valence-electron chi connectivity index (χ0n) is 11.3. The van der Waals surface area contributed by atoms with Crippen molar-refractivity contribution in [2.24, 2.45) is 0 Å². The number of amides is 1. The maximum absolute atomic E-state index is 12.1. The smallest absolute Gasteiger partial charge is 0.328 e. The molecule has 21 heavy (non-hydrogen) atoms. The van der Waals surface area contributed by atoms with Crippen LogP contribution in [0.1, 0.15) is 28.8 Å². The van der Waals surface area contributed by atoms with E-state index >= 15 is 0 Å². The monoisotopic (exact) mass is 309 g/mol. The van der Waals surface area contributed by atoms with E-state index in [1.807, 2.05) is 0 Å². The Hall–Kier alpha value is -1.85. The molecule has 2 N–H and O–H groups in total. The maximum atomic E-state index is 12.1. The van der Waals surface area contributed by atoms with E-state index in [2.05, 4.69) is 5.32 Å². The summed E-state index contributed by atoms with van der Waals surface area (Å²) in [6, 6.07) is 4.79. The average Bonchev–Trinajstić information content (AvgIpc) is 2.46. The first-order chi connectivity index (χ1) is 10.1. The number of carboxylic acid groups (broad SMARTS) is 1. The third kappa shape index (κ3) is 4.58. The normalized spacial score (nSPS) is 18.6. The lowest BCUT2D eigenvalue weighted by atomic mass is 10.1. The first-order valence-corrected chi connectivity index (χ1v) is 7.03. The number of ether oxygens (including phenoxy) is 1. The third-order valence-electron chi connectivity index (χ3n) is 3.16. The van der Waals surface area contributed by atoms with Crippen LogP contribution in [0.25, 0.3) is 6.08 Å². The molecule has 6 heteroatoms. The zero-order valence-corrected chi connectivity index (χ0v) is 12.1. The predicted octanol–water partition coefficient (Wildman–Crippen LogP) is 2.35. The van der Waals surface area contributed by atoms with Crippen LogP contribution < -0.4 is 5.32 Å². The maximum Gasteiger partial charge on any atom is 0.328 e. The molecule has 1 aliphatic heterocycles. The topological polar surface area (TPSA) is 75.6 Å². The van der Waals surface area contributed by atoms with Crippen molar-refractivity contribution in [2.75, 3.05) is 13.2 Å². The van der Waals surface area contributed by atoms with E-state index in [-0.39, 0.29) is 11.9 Å². The van der Waals surface area contributed by atoms with E-state index in [0.717, 1.165) is 25.5 Å². The van der Waals surface area contributed by atoms with Gasteiger partial charge in [0.25, 0.3) is 5.91 Å². The quantitative estimate of drug-likeness (QED) is 0.837. The molecule has 0 spiro atoms. The minimum atomic E-state index is -1.05. The highest BCUT2D eigenvalue weighted by molar-refractivity contribution is 6.32. The van der Waals surface area contributed by atoms with Crippen LogP contribution in [0.5, 0.6) is 0 Å². The minimum Gasteiger partial charge on any atom is -0.478 e. The number of halogens is 1. The van der Waals surface area contributed by atoms with Crippen LogP contribution in [0.15, 0.2) is 24.3 Å². The lowest BCUT2D eigenvalue weighted by Crippen LogP contribution is -2.40. The molecular formula is C15H16ClNO4. The summed E-state index contributed by atoms with van der Waals surface area (Å²) in [5, 5.41) is 11.8. The van der Waals surface area contributed by atoms with E-state index in [1.54, 1.807) is 12.1 Å². The fourth-order valence-electron chi connectivity index (χ4n) is 2.09. The third-order valence-corrected chi connectivity index (χ3v) is 3.49. The van der Waals surface area contributed by atoms with Gasteiger partial charge in [0.05, 0.1) is 12.6 Å². The molecule has 112 valence electrons. The van der Waals surface area contributed by atoms with Crippen LogP contribution in [0, 0.1) is 0 Å². The number of hydrogen-bond donors (Lipinski definition) is 2. The largest absolute Gasteiger partial charge is 0.478 e. The Bertz CT molecular complexity index is 565. The number of carbonyl (C=O) groups is 2. The fourth-order valence-corrected chi connectivity index (χ4v) is 2.33. The van der Waals surface area contributed by atoms with Crippen LogP contribution in [0.2, 0.25) is 5.02 Å². The van der Waals surface area contributed by atoms with Crippen molar-refractivity contribution in [1.82, 2.24) is 5.32 Å². The van der Waals surface area contributed by atoms with E-state index in [4.69, 9.17) is 21.4 Å². The van der Waals surface area contributed by atoms with Crippen molar-refractivity contribution >= 4 is 29.6 Å². The van der Waals surface area contributed by atoms with E-state index in [0.29, 0.717) is 22.8 Å². The van der Waals surface area contributed by atoms with Crippen molar-refractivity contribution in [2.45, 2.75) is 18.9 Å². The number of benzene rings is 1. The Balaban J connectivity index is 2.04. The van der Waals surface area contributed by atoms with Gasteiger partial charge in [0, 0.05) is 23.3 Å². The molecule has 1 atom stereocenters. The number of rotatable bonds is 4. The molecule has 0 bridgehead atoms. The highest BCUT2D eigenvalue weighted by Gasteiger charge is 2.17. The van der Waals surface area contributed by atoms with Gasteiger partial charge >= 0.3 is 5.97 Å². The Morgan fingerprint density at radius 1 is 1.43 bits per heavy atom. The summed E-state index contributed by atoms with van der Waals surface area (Å²) in [6.45, 7) is 1.27. The van der Waals surface area contributed by atoms with Gasteiger partial charge in [0.1, 0.15) is 0 Å². The molecule has 1 aliphatic rings. The minimum absolute atomic E-state index is 0.0246. The second-order valence-corrected chi connectivity index (χ2v) is 5.20. The summed E-state index contributed by atoms with van der Waals surface area (Å²) in [4.78, 5) is 22.6. The summed E-state index contributed by atoms with van der Waals surface area (Å²) in [7, 11) is 0. The van der Waals surface area contributed by atoms with Crippen molar-refractivity contribution in [3.63, 3.8) is 0 Å². The molecule has 0 radical (unpaired) electrons. The fraction of sp³-hybridized carbons (Fsp3) is 0.333. The van der Waals surface area contributed by atoms with Crippen LogP contribution >= 0.6 is 11.6 Å². The first kappa shape index (κ1) is 15.5. The van der Waals surface area contributed by atoms with Gasteiger partial charge in [-0.2, -0.15) is 0 Å². The van der Waals surface area contributed by atoms with Gasteiger partial charge in [-0.1, -0.05) is 17.7 Å². The molecule has 1 heterocycles. The Morgan fingerprint density at radius 2 is 2.24 bits per heavy atom. The molecule has 2 rings (SSSR count). The van der Waals surface area contributed by atoms with E-state index < -0.39 is 5.97 Å². The van der Waals surface area contributed by atoms with E-state index in [1.165, 1.54) is 12.1 Å². The molecular weight excluding hydrogens is 294 g/mol. The summed E-state index contributed by atoms with van der Waals surface area (Å²) in [5.74, 6) is -1.26. The predicted molar refractivity (Wildman–Crippen MR) is 79.4 cm³/mol. The van der Waals surface area contributed by atoms with Gasteiger partial charge in [-0.25, -0.2) is 4.79 Å².